The fourth-order valence-electron chi connectivity index (χ4n) is 3.43. The maximum absolute atomic E-state index is 13.4. The first-order chi connectivity index (χ1) is 17.2. The molecule has 5 aromatic rings. The van der Waals surface area contributed by atoms with E-state index >= 15 is 0 Å². The summed E-state index contributed by atoms with van der Waals surface area (Å²) in [7, 11) is 0. The molecule has 9 nitrogen and oxygen atoms in total. The predicted octanol–water partition coefficient (Wildman–Crippen LogP) is 3.46. The number of aromatic nitrogens is 7. The molecule has 3 heterocycles. The molecule has 35 heavy (non-hydrogen) atoms. The number of nitrogens with zero attached hydrogens (tertiary/aromatic N) is 7. The Bertz CT molecular complexity index is 1420. The number of amides is 1. The number of hydrogen-bond acceptors (Lipinski definition) is 7. The predicted molar refractivity (Wildman–Crippen MR) is 128 cm³/mol. The smallest absolute Gasteiger partial charge is 0.230 e. The van der Waals surface area contributed by atoms with Crippen LogP contribution < -0.4 is 5.32 Å². The lowest BCUT2D eigenvalue weighted by Crippen LogP contribution is -2.25. The van der Waals surface area contributed by atoms with Crippen molar-refractivity contribution in [1.82, 2.24) is 39.8 Å². The Hall–Kier alpha value is -4.38. The van der Waals surface area contributed by atoms with Crippen LogP contribution in [-0.2, 0) is 11.3 Å². The molecule has 0 radical (unpaired) electrons. The second-order valence-electron chi connectivity index (χ2n) is 7.38. The maximum Gasteiger partial charge on any atom is 0.230 e. The second-order valence-corrected chi connectivity index (χ2v) is 8.32. The minimum Gasteiger partial charge on any atom is -0.351 e. The molecule has 2 aromatic carbocycles. The van der Waals surface area contributed by atoms with Crippen LogP contribution >= 0.6 is 11.8 Å². The third kappa shape index (κ3) is 5.09. The highest BCUT2D eigenvalue weighted by Gasteiger charge is 2.17. The number of rotatable bonds is 8. The molecular formula is C24H19FN8OS. The van der Waals surface area contributed by atoms with Crippen LogP contribution in [0.5, 0.6) is 0 Å². The van der Waals surface area contributed by atoms with Gasteiger partial charge in [-0.3, -0.25) is 9.36 Å². The molecule has 0 bridgehead atoms. The zero-order valence-corrected chi connectivity index (χ0v) is 19.1. The van der Waals surface area contributed by atoms with Crippen LogP contribution in [0.1, 0.15) is 5.56 Å². The van der Waals surface area contributed by atoms with Crippen molar-refractivity contribution in [3.63, 3.8) is 0 Å². The Morgan fingerprint density at radius 1 is 1.00 bits per heavy atom. The number of thioether (sulfide) groups is 1. The van der Waals surface area contributed by atoms with Gasteiger partial charge in [-0.05, 0) is 42.5 Å². The molecule has 174 valence electrons. The largest absolute Gasteiger partial charge is 0.351 e. The molecule has 0 fully saturated rings. The lowest BCUT2D eigenvalue weighted by molar-refractivity contribution is -0.118. The number of para-hydroxylation sites is 1. The van der Waals surface area contributed by atoms with E-state index in [0.717, 1.165) is 16.8 Å². The van der Waals surface area contributed by atoms with E-state index in [1.807, 2.05) is 41.0 Å². The number of pyridine rings is 1. The zero-order chi connectivity index (χ0) is 24.0. The molecule has 0 atom stereocenters. The van der Waals surface area contributed by atoms with E-state index in [9.17, 15) is 9.18 Å². The van der Waals surface area contributed by atoms with E-state index in [2.05, 4.69) is 30.6 Å². The molecule has 0 aliphatic rings. The van der Waals surface area contributed by atoms with Gasteiger partial charge in [0.25, 0.3) is 0 Å². The van der Waals surface area contributed by atoms with Crippen LogP contribution in [0.25, 0.3) is 22.9 Å². The standard InChI is InChI=1S/C24H19FN8OS/c25-19-10-8-17(9-11-19)23-30-31-24(33(23)20-6-2-1-3-7-20)35-14-21(34)28-13-18-5-4-12-27-22(18)32-16-26-15-29-32/h1-12,15-16H,13-14H2,(H,28,34). The molecule has 0 saturated carbocycles. The van der Waals surface area contributed by atoms with Crippen molar-refractivity contribution in [3.05, 3.63) is 97.0 Å². The molecule has 1 amide bonds. The monoisotopic (exact) mass is 486 g/mol. The van der Waals surface area contributed by atoms with Crippen molar-refractivity contribution in [3.8, 4) is 22.9 Å². The average Bonchev–Trinajstić information content (AvgIpc) is 3.58. The van der Waals surface area contributed by atoms with Crippen LogP contribution in [0.3, 0.4) is 0 Å². The molecule has 0 aliphatic carbocycles. The molecule has 0 unspecified atom stereocenters. The summed E-state index contributed by atoms with van der Waals surface area (Å²) in [6.07, 6.45) is 4.64. The summed E-state index contributed by atoms with van der Waals surface area (Å²) in [5, 5.41) is 16.2. The summed E-state index contributed by atoms with van der Waals surface area (Å²) in [5.74, 6) is 0.797. The Labute approximate surface area is 204 Å². The Morgan fingerprint density at radius 3 is 2.60 bits per heavy atom. The molecule has 5 rings (SSSR count). The molecule has 0 saturated heterocycles. The van der Waals surface area contributed by atoms with Gasteiger partial charge in [-0.15, -0.1) is 10.2 Å². The van der Waals surface area contributed by atoms with Crippen LogP contribution in [-0.4, -0.2) is 46.2 Å². The lowest BCUT2D eigenvalue weighted by atomic mass is 10.2. The van der Waals surface area contributed by atoms with E-state index < -0.39 is 0 Å². The number of benzene rings is 2. The van der Waals surface area contributed by atoms with E-state index in [0.29, 0.717) is 16.8 Å². The molecular weight excluding hydrogens is 467 g/mol. The van der Waals surface area contributed by atoms with Gasteiger partial charge >= 0.3 is 0 Å². The third-order valence-electron chi connectivity index (χ3n) is 5.06. The highest BCUT2D eigenvalue weighted by Crippen LogP contribution is 2.28. The topological polar surface area (TPSA) is 103 Å². The van der Waals surface area contributed by atoms with Crippen molar-refractivity contribution >= 4 is 17.7 Å². The van der Waals surface area contributed by atoms with Gasteiger partial charge < -0.3 is 5.32 Å². The summed E-state index contributed by atoms with van der Waals surface area (Å²) < 4.78 is 16.8. The molecule has 3 aromatic heterocycles. The highest BCUT2D eigenvalue weighted by atomic mass is 32.2. The van der Waals surface area contributed by atoms with Crippen molar-refractivity contribution in [2.24, 2.45) is 0 Å². The number of carbonyl (C=O) groups is 1. The third-order valence-corrected chi connectivity index (χ3v) is 5.99. The van der Waals surface area contributed by atoms with Gasteiger partial charge in [-0.1, -0.05) is 36.0 Å². The van der Waals surface area contributed by atoms with E-state index in [4.69, 9.17) is 0 Å². The number of nitrogens with one attached hydrogen (secondary N) is 1. The van der Waals surface area contributed by atoms with Crippen LogP contribution in [0.4, 0.5) is 4.39 Å². The summed E-state index contributed by atoms with van der Waals surface area (Å²) in [6.45, 7) is 0.286. The van der Waals surface area contributed by atoms with E-state index in [1.54, 1.807) is 35.4 Å². The molecule has 1 N–H and O–H groups in total. The Kier molecular flexibility index (Phi) is 6.57. The minimum atomic E-state index is -0.327. The first-order valence-electron chi connectivity index (χ1n) is 10.6. The number of hydrogen-bond donors (Lipinski definition) is 1. The quantitative estimate of drug-likeness (QED) is 0.335. The first kappa shape index (κ1) is 22.4. The SMILES string of the molecule is O=C(CSc1nnc(-c2ccc(F)cc2)n1-c1ccccc1)NCc1cccnc1-n1cncn1. The fraction of sp³-hybridized carbons (Fsp3) is 0.0833. The van der Waals surface area contributed by atoms with Gasteiger partial charge in [0.05, 0.1) is 5.75 Å². The van der Waals surface area contributed by atoms with Crippen LogP contribution in [0.15, 0.2) is 90.7 Å². The van der Waals surface area contributed by atoms with Crippen molar-refractivity contribution in [1.29, 1.82) is 0 Å². The summed E-state index contributed by atoms with van der Waals surface area (Å²) in [4.78, 5) is 20.9. The van der Waals surface area contributed by atoms with Gasteiger partial charge in [0.15, 0.2) is 16.8 Å². The summed E-state index contributed by atoms with van der Waals surface area (Å²) in [5.41, 5.74) is 2.37. The molecule has 0 aliphatic heterocycles. The molecule has 0 spiro atoms. The van der Waals surface area contributed by atoms with E-state index in [1.165, 1.54) is 30.2 Å². The highest BCUT2D eigenvalue weighted by molar-refractivity contribution is 7.99. The van der Waals surface area contributed by atoms with Gasteiger partial charge in [0.2, 0.25) is 5.91 Å². The minimum absolute atomic E-state index is 0.132. The normalized spacial score (nSPS) is 10.9. The Balaban J connectivity index is 1.31. The van der Waals surface area contributed by atoms with Crippen molar-refractivity contribution in [2.75, 3.05) is 5.75 Å². The van der Waals surface area contributed by atoms with Gasteiger partial charge in [0, 0.05) is 29.6 Å². The van der Waals surface area contributed by atoms with Crippen molar-refractivity contribution in [2.45, 2.75) is 11.7 Å². The number of carbonyl (C=O) groups excluding carboxylic acids is 1. The van der Waals surface area contributed by atoms with Crippen LogP contribution in [0.2, 0.25) is 0 Å². The van der Waals surface area contributed by atoms with Gasteiger partial charge in [-0.25, -0.2) is 19.0 Å². The zero-order valence-electron chi connectivity index (χ0n) is 18.3. The number of halogens is 1. The van der Waals surface area contributed by atoms with Crippen LogP contribution in [0, 0.1) is 5.82 Å². The Morgan fingerprint density at radius 2 is 1.83 bits per heavy atom. The first-order valence-corrected chi connectivity index (χ1v) is 11.6. The average molecular weight is 487 g/mol. The van der Waals surface area contributed by atoms with E-state index in [-0.39, 0.29) is 24.0 Å². The summed E-state index contributed by atoms with van der Waals surface area (Å²) >= 11 is 1.27. The van der Waals surface area contributed by atoms with Gasteiger partial charge in [-0.2, -0.15) is 5.10 Å². The lowest BCUT2D eigenvalue weighted by Gasteiger charge is -2.11. The van der Waals surface area contributed by atoms with Gasteiger partial charge in [0.1, 0.15) is 18.5 Å². The maximum atomic E-state index is 13.4. The second kappa shape index (κ2) is 10.3. The molecule has 11 heteroatoms. The summed E-state index contributed by atoms with van der Waals surface area (Å²) in [6, 6.07) is 19.3. The van der Waals surface area contributed by atoms with Crippen molar-refractivity contribution < 1.29 is 9.18 Å². The fourth-order valence-corrected chi connectivity index (χ4v) is 4.21.